The summed E-state index contributed by atoms with van der Waals surface area (Å²) in [5, 5.41) is 0. The molecule has 1 fully saturated rings. The Hall–Kier alpha value is -1.80. The van der Waals surface area contributed by atoms with Crippen LogP contribution in [0.1, 0.15) is 33.3 Å². The van der Waals surface area contributed by atoms with Gasteiger partial charge >= 0.3 is 6.09 Å². The van der Waals surface area contributed by atoms with Crippen molar-refractivity contribution in [3.05, 3.63) is 29.8 Å². The number of rotatable bonds is 5. The lowest BCUT2D eigenvalue weighted by Crippen LogP contribution is -2.49. The van der Waals surface area contributed by atoms with Gasteiger partial charge in [-0.25, -0.2) is 13.2 Å². The molecule has 8 heteroatoms. The number of piperazine rings is 1. The van der Waals surface area contributed by atoms with Crippen LogP contribution in [0, 0.1) is 0 Å². The highest BCUT2D eigenvalue weighted by Crippen LogP contribution is 2.16. The van der Waals surface area contributed by atoms with Gasteiger partial charge in [0.2, 0.25) is 10.0 Å². The summed E-state index contributed by atoms with van der Waals surface area (Å²) >= 11 is 0. The molecule has 0 saturated carbocycles. The van der Waals surface area contributed by atoms with Crippen LogP contribution in [0.4, 0.5) is 10.5 Å². The molecule has 1 aromatic carbocycles. The first-order chi connectivity index (χ1) is 12.1. The number of anilines is 1. The van der Waals surface area contributed by atoms with Crippen molar-refractivity contribution in [3.63, 3.8) is 0 Å². The van der Waals surface area contributed by atoms with Crippen LogP contribution in [0.15, 0.2) is 24.3 Å². The molecule has 1 aromatic rings. The summed E-state index contributed by atoms with van der Waals surface area (Å²) in [5.74, 6) is 0.0523. The van der Waals surface area contributed by atoms with Gasteiger partial charge in [-0.3, -0.25) is 9.62 Å². The predicted molar refractivity (Wildman–Crippen MR) is 103 cm³/mol. The Kier molecular flexibility index (Phi) is 6.52. The van der Waals surface area contributed by atoms with Crippen molar-refractivity contribution in [1.82, 2.24) is 9.80 Å². The quantitative estimate of drug-likeness (QED) is 0.845. The monoisotopic (exact) mass is 383 g/mol. The van der Waals surface area contributed by atoms with Gasteiger partial charge in [-0.1, -0.05) is 12.1 Å². The minimum absolute atomic E-state index is 0.0523. The third-order valence-electron chi connectivity index (χ3n) is 4.04. The number of benzene rings is 1. The van der Waals surface area contributed by atoms with E-state index in [1.165, 1.54) is 0 Å². The largest absolute Gasteiger partial charge is 0.444 e. The van der Waals surface area contributed by atoms with Crippen LogP contribution in [-0.4, -0.2) is 61.8 Å². The van der Waals surface area contributed by atoms with E-state index in [4.69, 9.17) is 4.74 Å². The van der Waals surface area contributed by atoms with E-state index in [0.29, 0.717) is 18.8 Å². The second kappa shape index (κ2) is 8.26. The standard InChI is InChI=1S/C18H29N3O4S/c1-5-26(23,24)19-16-8-6-15(7-9-16)14-20-10-12-21(13-11-20)17(22)25-18(2,3)4/h6-9,19H,5,10-14H2,1-4H3. The summed E-state index contributed by atoms with van der Waals surface area (Å²) < 4.78 is 31.1. The zero-order valence-corrected chi connectivity index (χ0v) is 16.8. The number of nitrogens with one attached hydrogen (secondary N) is 1. The highest BCUT2D eigenvalue weighted by molar-refractivity contribution is 7.92. The van der Waals surface area contributed by atoms with Crippen LogP contribution in [-0.2, 0) is 21.3 Å². The average molecular weight is 384 g/mol. The molecule has 146 valence electrons. The van der Waals surface area contributed by atoms with Crippen LogP contribution >= 0.6 is 0 Å². The van der Waals surface area contributed by atoms with E-state index >= 15 is 0 Å². The third kappa shape index (κ3) is 6.49. The highest BCUT2D eigenvalue weighted by atomic mass is 32.2. The Morgan fingerprint density at radius 2 is 1.69 bits per heavy atom. The second-order valence-corrected chi connectivity index (χ2v) is 9.46. The van der Waals surface area contributed by atoms with Gasteiger partial charge in [0.25, 0.3) is 0 Å². The van der Waals surface area contributed by atoms with Gasteiger partial charge in [-0.15, -0.1) is 0 Å². The fourth-order valence-electron chi connectivity index (χ4n) is 2.60. The fraction of sp³-hybridized carbons (Fsp3) is 0.611. The predicted octanol–water partition coefficient (Wildman–Crippen LogP) is 2.50. The van der Waals surface area contributed by atoms with Gasteiger partial charge in [0.05, 0.1) is 5.75 Å². The lowest BCUT2D eigenvalue weighted by Gasteiger charge is -2.35. The Labute approximate surface area is 156 Å². The molecule has 0 spiro atoms. The van der Waals surface area contributed by atoms with Crippen LogP contribution < -0.4 is 4.72 Å². The normalized spacial score (nSPS) is 16.4. The molecule has 0 radical (unpaired) electrons. The van der Waals surface area contributed by atoms with Gasteiger partial charge in [0, 0.05) is 38.4 Å². The fourth-order valence-corrected chi connectivity index (χ4v) is 3.24. The van der Waals surface area contributed by atoms with Crippen molar-refractivity contribution in [1.29, 1.82) is 0 Å². The van der Waals surface area contributed by atoms with Gasteiger partial charge < -0.3 is 9.64 Å². The molecule has 1 amide bonds. The first-order valence-electron chi connectivity index (χ1n) is 8.88. The van der Waals surface area contributed by atoms with E-state index in [0.717, 1.165) is 25.2 Å². The van der Waals surface area contributed by atoms with Gasteiger partial charge in [-0.05, 0) is 45.4 Å². The molecule has 0 aromatic heterocycles. The van der Waals surface area contributed by atoms with Crippen molar-refractivity contribution in [2.24, 2.45) is 0 Å². The van der Waals surface area contributed by atoms with Gasteiger partial charge in [0.15, 0.2) is 0 Å². The molecule has 26 heavy (non-hydrogen) atoms. The molecule has 1 saturated heterocycles. The molecule has 0 unspecified atom stereocenters. The van der Waals surface area contributed by atoms with Crippen LogP contribution in [0.3, 0.4) is 0 Å². The molecule has 1 N–H and O–H groups in total. The summed E-state index contributed by atoms with van der Waals surface area (Å²) in [6.07, 6.45) is -0.260. The number of nitrogens with zero attached hydrogens (tertiary/aromatic N) is 2. The lowest BCUT2D eigenvalue weighted by molar-refractivity contribution is 0.0139. The number of sulfonamides is 1. The van der Waals surface area contributed by atoms with E-state index in [9.17, 15) is 13.2 Å². The summed E-state index contributed by atoms with van der Waals surface area (Å²) in [6.45, 7) is 10.8. The van der Waals surface area contributed by atoms with Crippen molar-refractivity contribution >= 4 is 21.8 Å². The van der Waals surface area contributed by atoms with Gasteiger partial charge in [0.1, 0.15) is 5.60 Å². The molecule has 0 bridgehead atoms. The minimum Gasteiger partial charge on any atom is -0.444 e. The van der Waals surface area contributed by atoms with Crippen molar-refractivity contribution in [2.75, 3.05) is 36.7 Å². The zero-order chi connectivity index (χ0) is 19.4. The topological polar surface area (TPSA) is 79.0 Å². The number of hydrogen-bond acceptors (Lipinski definition) is 5. The summed E-state index contributed by atoms with van der Waals surface area (Å²) in [7, 11) is -3.25. The van der Waals surface area contributed by atoms with Crippen LogP contribution in [0.25, 0.3) is 0 Å². The maximum absolute atomic E-state index is 12.1. The average Bonchev–Trinajstić information content (AvgIpc) is 2.55. The zero-order valence-electron chi connectivity index (χ0n) is 16.0. The van der Waals surface area contributed by atoms with Crippen molar-refractivity contribution in [2.45, 2.75) is 39.8 Å². The minimum atomic E-state index is -3.25. The van der Waals surface area contributed by atoms with Crippen molar-refractivity contribution in [3.8, 4) is 0 Å². The number of amides is 1. The molecule has 0 aliphatic carbocycles. The number of ether oxygens (including phenoxy) is 1. The van der Waals surface area contributed by atoms with E-state index < -0.39 is 15.6 Å². The first-order valence-corrected chi connectivity index (χ1v) is 10.5. The lowest BCUT2D eigenvalue weighted by atomic mass is 10.2. The molecule has 7 nitrogen and oxygen atoms in total. The second-order valence-electron chi connectivity index (χ2n) is 7.45. The van der Waals surface area contributed by atoms with E-state index in [1.807, 2.05) is 32.9 Å². The van der Waals surface area contributed by atoms with Crippen molar-refractivity contribution < 1.29 is 17.9 Å². The Balaban J connectivity index is 1.83. The van der Waals surface area contributed by atoms with Crippen LogP contribution in [0.2, 0.25) is 0 Å². The molecule has 2 rings (SSSR count). The Morgan fingerprint density at radius 3 is 2.19 bits per heavy atom. The third-order valence-corrected chi connectivity index (χ3v) is 5.34. The number of hydrogen-bond donors (Lipinski definition) is 1. The van der Waals surface area contributed by atoms with E-state index in [2.05, 4.69) is 9.62 Å². The van der Waals surface area contributed by atoms with Gasteiger partial charge in [-0.2, -0.15) is 0 Å². The molecule has 1 aliphatic heterocycles. The van der Waals surface area contributed by atoms with Crippen LogP contribution in [0.5, 0.6) is 0 Å². The molecule has 0 atom stereocenters. The smallest absolute Gasteiger partial charge is 0.410 e. The molecule has 1 heterocycles. The number of carbonyl (C=O) groups excluding carboxylic acids is 1. The summed E-state index contributed by atoms with van der Waals surface area (Å²) in [5.41, 5.74) is 1.20. The molecule has 1 aliphatic rings. The summed E-state index contributed by atoms with van der Waals surface area (Å²) in [6, 6.07) is 7.40. The van der Waals surface area contributed by atoms with E-state index in [-0.39, 0.29) is 11.8 Å². The maximum atomic E-state index is 12.1. The summed E-state index contributed by atoms with van der Waals surface area (Å²) in [4.78, 5) is 16.1. The van der Waals surface area contributed by atoms with E-state index in [1.54, 1.807) is 24.0 Å². The molecular formula is C18H29N3O4S. The highest BCUT2D eigenvalue weighted by Gasteiger charge is 2.25. The maximum Gasteiger partial charge on any atom is 0.410 e. The number of carbonyl (C=O) groups is 1. The SMILES string of the molecule is CCS(=O)(=O)Nc1ccc(CN2CCN(C(=O)OC(C)(C)C)CC2)cc1. The molecular weight excluding hydrogens is 354 g/mol. The first kappa shape index (κ1) is 20.5. The Morgan fingerprint density at radius 1 is 1.12 bits per heavy atom. The Bertz CT molecular complexity index is 703.